The van der Waals surface area contributed by atoms with E-state index in [9.17, 15) is 0 Å². The van der Waals surface area contributed by atoms with Crippen molar-refractivity contribution in [3.8, 4) is 0 Å². The van der Waals surface area contributed by atoms with Gasteiger partial charge in [0.1, 0.15) is 0 Å². The fourth-order valence-corrected chi connectivity index (χ4v) is 3.02. The second-order valence-corrected chi connectivity index (χ2v) is 5.85. The largest absolute Gasteiger partial charge is 0.307 e. The van der Waals surface area contributed by atoms with Gasteiger partial charge >= 0.3 is 0 Å². The number of piperazine rings is 1. The van der Waals surface area contributed by atoms with E-state index >= 15 is 0 Å². The number of benzene rings is 1. The maximum Gasteiger partial charge on any atom is 0.0450 e. The molecule has 0 bridgehead atoms. The van der Waals surface area contributed by atoms with Crippen LogP contribution >= 0.6 is 0 Å². The quantitative estimate of drug-likeness (QED) is 0.824. The van der Waals surface area contributed by atoms with Crippen LogP contribution in [0.5, 0.6) is 0 Å². The van der Waals surface area contributed by atoms with E-state index in [1.165, 1.54) is 12.0 Å². The molecule has 2 heteroatoms. The van der Waals surface area contributed by atoms with Crippen LogP contribution in [0.15, 0.2) is 42.5 Å². The number of nitrogens with one attached hydrogen (secondary N) is 1. The SMILES string of the molecule is C/C=C/CN1CC(c2ccccc2)NCC1C(C)CC. The third-order valence-electron chi connectivity index (χ3n) is 4.54. The van der Waals surface area contributed by atoms with E-state index in [1.54, 1.807) is 0 Å². The molecule has 0 radical (unpaired) electrons. The zero-order valence-corrected chi connectivity index (χ0v) is 13.0. The van der Waals surface area contributed by atoms with Gasteiger partial charge in [-0.1, -0.05) is 62.8 Å². The van der Waals surface area contributed by atoms with Gasteiger partial charge in [-0.2, -0.15) is 0 Å². The van der Waals surface area contributed by atoms with Crippen LogP contribution in [0.25, 0.3) is 0 Å². The molecule has 0 amide bonds. The van der Waals surface area contributed by atoms with Gasteiger partial charge in [-0.05, 0) is 18.4 Å². The Balaban J connectivity index is 2.08. The standard InChI is InChI=1S/C18H28N2/c1-4-6-12-20-14-17(16-10-8-7-9-11-16)19-13-18(20)15(3)5-2/h4,6-11,15,17-19H,5,12-14H2,1-3H3/b6-4+. The highest BCUT2D eigenvalue weighted by molar-refractivity contribution is 5.20. The van der Waals surface area contributed by atoms with Crippen LogP contribution in [0.3, 0.4) is 0 Å². The van der Waals surface area contributed by atoms with E-state index in [2.05, 4.69) is 73.5 Å². The van der Waals surface area contributed by atoms with E-state index in [-0.39, 0.29) is 0 Å². The predicted molar refractivity (Wildman–Crippen MR) is 86.8 cm³/mol. The second-order valence-electron chi connectivity index (χ2n) is 5.85. The summed E-state index contributed by atoms with van der Waals surface area (Å²) >= 11 is 0. The molecule has 1 heterocycles. The molecule has 3 atom stereocenters. The van der Waals surface area contributed by atoms with Crippen molar-refractivity contribution < 1.29 is 0 Å². The molecule has 1 aliphatic rings. The average Bonchev–Trinajstić information content (AvgIpc) is 2.52. The lowest BCUT2D eigenvalue weighted by atomic mass is 9.93. The number of rotatable bonds is 5. The van der Waals surface area contributed by atoms with Crippen molar-refractivity contribution in [3.63, 3.8) is 0 Å². The fourth-order valence-electron chi connectivity index (χ4n) is 3.02. The van der Waals surface area contributed by atoms with Gasteiger partial charge in [0, 0.05) is 31.7 Å². The van der Waals surface area contributed by atoms with Gasteiger partial charge in [0.25, 0.3) is 0 Å². The topological polar surface area (TPSA) is 15.3 Å². The van der Waals surface area contributed by atoms with E-state index < -0.39 is 0 Å². The van der Waals surface area contributed by atoms with Crippen molar-refractivity contribution in [2.45, 2.75) is 39.3 Å². The zero-order valence-electron chi connectivity index (χ0n) is 13.0. The summed E-state index contributed by atoms with van der Waals surface area (Å²) in [5, 5.41) is 3.74. The van der Waals surface area contributed by atoms with E-state index in [0.29, 0.717) is 12.1 Å². The zero-order chi connectivity index (χ0) is 14.4. The van der Waals surface area contributed by atoms with Crippen LogP contribution in [-0.4, -0.2) is 30.6 Å². The minimum absolute atomic E-state index is 0.460. The lowest BCUT2D eigenvalue weighted by molar-refractivity contribution is 0.104. The summed E-state index contributed by atoms with van der Waals surface area (Å²) in [6.45, 7) is 10.0. The molecule has 2 rings (SSSR count). The maximum atomic E-state index is 3.74. The van der Waals surface area contributed by atoms with Gasteiger partial charge in [0.2, 0.25) is 0 Å². The molecule has 1 aromatic carbocycles. The van der Waals surface area contributed by atoms with Crippen molar-refractivity contribution in [2.75, 3.05) is 19.6 Å². The first kappa shape index (κ1) is 15.3. The Hall–Kier alpha value is -1.12. The molecule has 1 saturated heterocycles. The molecule has 2 nitrogen and oxygen atoms in total. The molecular formula is C18H28N2. The first-order valence-corrected chi connectivity index (χ1v) is 7.89. The molecule has 0 aromatic heterocycles. The molecule has 1 N–H and O–H groups in total. The number of hydrogen-bond donors (Lipinski definition) is 1. The van der Waals surface area contributed by atoms with Crippen molar-refractivity contribution in [2.24, 2.45) is 5.92 Å². The highest BCUT2D eigenvalue weighted by Crippen LogP contribution is 2.24. The molecule has 3 unspecified atom stereocenters. The molecule has 110 valence electrons. The predicted octanol–water partition coefficient (Wildman–Crippen LogP) is 3.62. The van der Waals surface area contributed by atoms with Crippen molar-refractivity contribution in [3.05, 3.63) is 48.0 Å². The summed E-state index contributed by atoms with van der Waals surface area (Å²) in [5.74, 6) is 0.740. The molecule has 1 aromatic rings. The van der Waals surface area contributed by atoms with E-state index in [4.69, 9.17) is 0 Å². The summed E-state index contributed by atoms with van der Waals surface area (Å²) in [6, 6.07) is 11.9. The number of hydrogen-bond acceptors (Lipinski definition) is 2. The fraction of sp³-hybridized carbons (Fsp3) is 0.556. The summed E-state index contributed by atoms with van der Waals surface area (Å²) in [7, 11) is 0. The Labute approximate surface area is 123 Å². The monoisotopic (exact) mass is 272 g/mol. The summed E-state index contributed by atoms with van der Waals surface area (Å²) < 4.78 is 0. The molecule has 20 heavy (non-hydrogen) atoms. The minimum atomic E-state index is 0.460. The summed E-state index contributed by atoms with van der Waals surface area (Å²) in [5.41, 5.74) is 1.40. The Bertz CT molecular complexity index is 413. The highest BCUT2D eigenvalue weighted by Gasteiger charge is 2.30. The Morgan fingerprint density at radius 1 is 1.35 bits per heavy atom. The number of allylic oxidation sites excluding steroid dienone is 1. The second kappa shape index (κ2) is 7.61. The van der Waals surface area contributed by atoms with Crippen LogP contribution < -0.4 is 5.32 Å². The lowest BCUT2D eigenvalue weighted by Crippen LogP contribution is -2.55. The molecule has 1 aliphatic heterocycles. The third-order valence-corrected chi connectivity index (χ3v) is 4.54. The van der Waals surface area contributed by atoms with E-state index in [0.717, 1.165) is 25.6 Å². The van der Waals surface area contributed by atoms with Crippen molar-refractivity contribution in [1.82, 2.24) is 10.2 Å². The molecule has 0 saturated carbocycles. The number of nitrogens with zero attached hydrogens (tertiary/aromatic N) is 1. The van der Waals surface area contributed by atoms with Gasteiger partial charge in [0.15, 0.2) is 0 Å². The molecular weight excluding hydrogens is 244 g/mol. The lowest BCUT2D eigenvalue weighted by Gasteiger charge is -2.43. The van der Waals surface area contributed by atoms with Crippen LogP contribution in [-0.2, 0) is 0 Å². The highest BCUT2D eigenvalue weighted by atomic mass is 15.2. The maximum absolute atomic E-state index is 3.74. The summed E-state index contributed by atoms with van der Waals surface area (Å²) in [4.78, 5) is 2.64. The Kier molecular flexibility index (Phi) is 5.81. The molecule has 0 aliphatic carbocycles. The summed E-state index contributed by atoms with van der Waals surface area (Å²) in [6.07, 6.45) is 5.69. The van der Waals surface area contributed by atoms with Crippen LogP contribution in [0.1, 0.15) is 38.8 Å². The molecule has 0 spiro atoms. The smallest absolute Gasteiger partial charge is 0.0450 e. The first-order valence-electron chi connectivity index (χ1n) is 7.89. The third kappa shape index (κ3) is 3.71. The van der Waals surface area contributed by atoms with E-state index in [1.807, 2.05) is 0 Å². The van der Waals surface area contributed by atoms with Crippen molar-refractivity contribution >= 4 is 0 Å². The molecule has 1 fully saturated rings. The van der Waals surface area contributed by atoms with Crippen LogP contribution in [0.2, 0.25) is 0 Å². The van der Waals surface area contributed by atoms with Gasteiger partial charge in [-0.3, -0.25) is 4.90 Å². The normalized spacial score (nSPS) is 25.9. The van der Waals surface area contributed by atoms with Crippen LogP contribution in [0, 0.1) is 5.92 Å². The average molecular weight is 272 g/mol. The van der Waals surface area contributed by atoms with Gasteiger partial charge < -0.3 is 5.32 Å². The van der Waals surface area contributed by atoms with Crippen LogP contribution in [0.4, 0.5) is 0 Å². The Morgan fingerprint density at radius 3 is 2.75 bits per heavy atom. The Morgan fingerprint density at radius 2 is 2.10 bits per heavy atom. The minimum Gasteiger partial charge on any atom is -0.307 e. The van der Waals surface area contributed by atoms with Gasteiger partial charge in [-0.25, -0.2) is 0 Å². The van der Waals surface area contributed by atoms with Gasteiger partial charge in [-0.15, -0.1) is 0 Å². The van der Waals surface area contributed by atoms with Gasteiger partial charge in [0.05, 0.1) is 0 Å². The van der Waals surface area contributed by atoms with Crippen molar-refractivity contribution in [1.29, 1.82) is 0 Å². The first-order chi connectivity index (χ1) is 9.76.